The summed E-state index contributed by atoms with van der Waals surface area (Å²) >= 11 is 0. The number of amides is 2. The Hall–Kier alpha value is -3.28. The minimum Gasteiger partial charge on any atom is -0.262 e. The summed E-state index contributed by atoms with van der Waals surface area (Å²) in [7, 11) is 0. The van der Waals surface area contributed by atoms with E-state index >= 15 is 0 Å². The molecule has 0 radical (unpaired) electrons. The lowest BCUT2D eigenvalue weighted by molar-refractivity contribution is -0.139. The Balaban J connectivity index is 1.84. The van der Waals surface area contributed by atoms with Gasteiger partial charge in [-0.1, -0.05) is 90.1 Å². The predicted molar refractivity (Wildman–Crippen MR) is 122 cm³/mol. The predicted octanol–water partition coefficient (Wildman–Crippen LogP) is 3.88. The normalized spacial score (nSPS) is 12.3. The van der Waals surface area contributed by atoms with Gasteiger partial charge in [-0.3, -0.25) is 9.59 Å². The second-order valence-corrected chi connectivity index (χ2v) is 9.14. The fourth-order valence-electron chi connectivity index (χ4n) is 2.57. The van der Waals surface area contributed by atoms with Crippen molar-refractivity contribution in [2.24, 2.45) is 10.2 Å². The Labute approximate surface area is 178 Å². The molecule has 30 heavy (non-hydrogen) atoms. The van der Waals surface area contributed by atoms with Crippen molar-refractivity contribution in [3.8, 4) is 0 Å². The van der Waals surface area contributed by atoms with Gasteiger partial charge in [-0.15, -0.1) is 0 Å². The summed E-state index contributed by atoms with van der Waals surface area (Å²) in [4.78, 5) is 23.6. The molecule has 2 N–H and O–H groups in total. The lowest BCUT2D eigenvalue weighted by atomic mass is 9.87. The fourth-order valence-corrected chi connectivity index (χ4v) is 2.57. The molecule has 0 aliphatic heterocycles. The summed E-state index contributed by atoms with van der Waals surface area (Å²) < 4.78 is 0. The smallest absolute Gasteiger partial charge is 0.262 e. The molecule has 0 bridgehead atoms. The maximum Gasteiger partial charge on any atom is 0.331 e. The zero-order valence-electron chi connectivity index (χ0n) is 18.5. The van der Waals surface area contributed by atoms with Crippen LogP contribution < -0.4 is 10.9 Å². The highest BCUT2D eigenvalue weighted by atomic mass is 16.2. The molecule has 6 nitrogen and oxygen atoms in total. The quantitative estimate of drug-likeness (QED) is 0.459. The standard InChI is InChI=1S/C24H30N4O2/c1-23(2,3)19-11-7-17(8-12-19)15-25-27-21(29)22(30)28-26-16-18-9-13-20(14-10-18)24(4,5)6/h7-16H,1-6H3,(H,27,29)(H,28,30)/b25-15+,26-16+. The molecule has 0 saturated carbocycles. The zero-order valence-corrected chi connectivity index (χ0v) is 18.5. The highest BCUT2D eigenvalue weighted by Gasteiger charge is 2.14. The van der Waals surface area contributed by atoms with E-state index < -0.39 is 11.8 Å². The first-order chi connectivity index (χ1) is 14.0. The number of hydrogen-bond donors (Lipinski definition) is 2. The first-order valence-electron chi connectivity index (χ1n) is 9.84. The van der Waals surface area contributed by atoms with Gasteiger partial charge in [0.2, 0.25) is 0 Å². The van der Waals surface area contributed by atoms with Crippen LogP contribution in [0.3, 0.4) is 0 Å². The van der Waals surface area contributed by atoms with Crippen LogP contribution >= 0.6 is 0 Å². The molecule has 2 aromatic carbocycles. The molecular weight excluding hydrogens is 376 g/mol. The van der Waals surface area contributed by atoms with Crippen LogP contribution in [0.5, 0.6) is 0 Å². The molecular formula is C24H30N4O2. The Morgan fingerprint density at radius 3 is 1.20 bits per heavy atom. The summed E-state index contributed by atoms with van der Waals surface area (Å²) in [6, 6.07) is 15.7. The molecule has 0 aliphatic rings. The molecule has 0 fully saturated rings. The van der Waals surface area contributed by atoms with Crippen LogP contribution in [0.25, 0.3) is 0 Å². The number of hydrazone groups is 2. The van der Waals surface area contributed by atoms with Crippen molar-refractivity contribution in [1.82, 2.24) is 10.9 Å². The summed E-state index contributed by atoms with van der Waals surface area (Å²) in [5, 5.41) is 7.63. The molecule has 2 rings (SSSR count). The number of nitrogens with zero attached hydrogens (tertiary/aromatic N) is 2. The van der Waals surface area contributed by atoms with E-state index in [1.54, 1.807) is 0 Å². The summed E-state index contributed by atoms with van der Waals surface area (Å²) in [5.74, 6) is -1.78. The Bertz CT molecular complexity index is 850. The van der Waals surface area contributed by atoms with Crippen LogP contribution in [0.4, 0.5) is 0 Å². The molecule has 0 heterocycles. The Morgan fingerprint density at radius 2 is 0.933 bits per heavy atom. The molecule has 2 aromatic rings. The van der Waals surface area contributed by atoms with Gasteiger partial charge in [-0.2, -0.15) is 10.2 Å². The molecule has 0 aromatic heterocycles. The van der Waals surface area contributed by atoms with Crippen LogP contribution in [0.1, 0.15) is 63.8 Å². The Morgan fingerprint density at radius 1 is 0.633 bits per heavy atom. The third-order valence-electron chi connectivity index (χ3n) is 4.52. The minimum absolute atomic E-state index is 0.0666. The van der Waals surface area contributed by atoms with E-state index in [1.165, 1.54) is 23.6 Å². The van der Waals surface area contributed by atoms with Gasteiger partial charge < -0.3 is 0 Å². The van der Waals surface area contributed by atoms with Crippen molar-refractivity contribution in [2.75, 3.05) is 0 Å². The van der Waals surface area contributed by atoms with Crippen molar-refractivity contribution < 1.29 is 9.59 Å². The van der Waals surface area contributed by atoms with Gasteiger partial charge in [-0.05, 0) is 33.1 Å². The number of benzene rings is 2. The average molecular weight is 407 g/mol. The van der Waals surface area contributed by atoms with Crippen LogP contribution in [0.15, 0.2) is 58.7 Å². The van der Waals surface area contributed by atoms with E-state index in [0.29, 0.717) is 0 Å². The maximum atomic E-state index is 11.8. The summed E-state index contributed by atoms with van der Waals surface area (Å²) in [6.45, 7) is 12.8. The van der Waals surface area contributed by atoms with E-state index in [2.05, 4.69) is 62.6 Å². The number of nitrogens with one attached hydrogen (secondary N) is 2. The van der Waals surface area contributed by atoms with Crippen molar-refractivity contribution in [2.45, 2.75) is 52.4 Å². The fraction of sp³-hybridized carbons (Fsp3) is 0.333. The van der Waals surface area contributed by atoms with Gasteiger partial charge in [0.1, 0.15) is 0 Å². The van der Waals surface area contributed by atoms with E-state index in [0.717, 1.165) is 11.1 Å². The van der Waals surface area contributed by atoms with Crippen LogP contribution in [-0.4, -0.2) is 24.2 Å². The molecule has 158 valence electrons. The van der Waals surface area contributed by atoms with E-state index in [4.69, 9.17) is 0 Å². The number of carbonyl (C=O) groups is 2. The average Bonchev–Trinajstić information content (AvgIpc) is 2.67. The van der Waals surface area contributed by atoms with Crippen molar-refractivity contribution in [3.63, 3.8) is 0 Å². The van der Waals surface area contributed by atoms with Crippen LogP contribution in [-0.2, 0) is 20.4 Å². The first kappa shape index (κ1) is 23.0. The zero-order chi connectivity index (χ0) is 22.4. The molecule has 0 saturated heterocycles. The van der Waals surface area contributed by atoms with Crippen LogP contribution in [0.2, 0.25) is 0 Å². The molecule has 0 atom stereocenters. The Kier molecular flexibility index (Phi) is 7.27. The van der Waals surface area contributed by atoms with E-state index in [-0.39, 0.29) is 10.8 Å². The van der Waals surface area contributed by atoms with Gasteiger partial charge in [0.25, 0.3) is 0 Å². The maximum absolute atomic E-state index is 11.8. The molecule has 0 unspecified atom stereocenters. The third-order valence-corrected chi connectivity index (χ3v) is 4.52. The first-order valence-corrected chi connectivity index (χ1v) is 9.84. The molecule has 6 heteroatoms. The highest BCUT2D eigenvalue weighted by Crippen LogP contribution is 2.22. The monoisotopic (exact) mass is 406 g/mol. The second kappa shape index (κ2) is 9.48. The van der Waals surface area contributed by atoms with Crippen molar-refractivity contribution in [1.29, 1.82) is 0 Å². The summed E-state index contributed by atoms with van der Waals surface area (Å²) in [6.07, 6.45) is 2.97. The molecule has 0 aliphatic carbocycles. The van der Waals surface area contributed by atoms with Gasteiger partial charge in [-0.25, -0.2) is 10.9 Å². The minimum atomic E-state index is -0.891. The molecule has 2 amide bonds. The highest BCUT2D eigenvalue weighted by molar-refractivity contribution is 6.35. The van der Waals surface area contributed by atoms with E-state index in [9.17, 15) is 9.59 Å². The molecule has 0 spiro atoms. The van der Waals surface area contributed by atoms with Gasteiger partial charge in [0.05, 0.1) is 12.4 Å². The lowest BCUT2D eigenvalue weighted by Gasteiger charge is -2.18. The second-order valence-electron chi connectivity index (χ2n) is 9.14. The number of carbonyl (C=O) groups excluding carboxylic acids is 2. The number of hydrogen-bond acceptors (Lipinski definition) is 4. The summed E-state index contributed by atoms with van der Waals surface area (Å²) in [5.41, 5.74) is 8.56. The van der Waals surface area contributed by atoms with Gasteiger partial charge in [0.15, 0.2) is 0 Å². The van der Waals surface area contributed by atoms with Crippen molar-refractivity contribution in [3.05, 3.63) is 70.8 Å². The van der Waals surface area contributed by atoms with Crippen LogP contribution in [0, 0.1) is 0 Å². The van der Waals surface area contributed by atoms with Gasteiger partial charge in [0, 0.05) is 0 Å². The van der Waals surface area contributed by atoms with E-state index in [1.807, 2.05) is 48.5 Å². The topological polar surface area (TPSA) is 82.9 Å². The van der Waals surface area contributed by atoms with Crippen molar-refractivity contribution >= 4 is 24.2 Å². The third kappa shape index (κ3) is 6.95. The lowest BCUT2D eigenvalue weighted by Crippen LogP contribution is -2.35. The van der Waals surface area contributed by atoms with Gasteiger partial charge >= 0.3 is 11.8 Å². The SMILES string of the molecule is CC(C)(C)c1ccc(/C=N/NC(=O)C(=O)N/N=C/c2ccc(C(C)(C)C)cc2)cc1. The largest absolute Gasteiger partial charge is 0.331 e. The number of rotatable bonds is 4.